The topological polar surface area (TPSA) is 70.9 Å². The maximum Gasteiger partial charge on any atom is 0.240 e. The van der Waals surface area contributed by atoms with Gasteiger partial charge in [0.25, 0.3) is 0 Å². The molecule has 0 aromatic heterocycles. The summed E-state index contributed by atoms with van der Waals surface area (Å²) in [5, 5.41) is 13.7. The number of methoxy groups -OCH3 is 1. The van der Waals surface area contributed by atoms with Crippen molar-refractivity contribution in [1.29, 1.82) is 0 Å². The normalized spacial score (nSPS) is 10.9. The second-order valence-corrected chi connectivity index (χ2v) is 6.22. The van der Waals surface area contributed by atoms with E-state index in [1.165, 1.54) is 39.0 Å². The molecular formula is C17H25BrN2O3. The van der Waals surface area contributed by atoms with E-state index in [1.54, 1.807) is 12.1 Å². The minimum atomic E-state index is -0.0819. The largest absolute Gasteiger partial charge is 0.503 e. The lowest BCUT2D eigenvalue weighted by atomic mass is 10.1. The van der Waals surface area contributed by atoms with Crippen LogP contribution in [0.3, 0.4) is 0 Å². The van der Waals surface area contributed by atoms with E-state index in [9.17, 15) is 9.90 Å². The second kappa shape index (κ2) is 11.0. The van der Waals surface area contributed by atoms with Crippen molar-refractivity contribution in [3.8, 4) is 11.5 Å². The van der Waals surface area contributed by atoms with Crippen LogP contribution in [0.4, 0.5) is 0 Å². The third kappa shape index (κ3) is 7.50. The predicted octanol–water partition coefficient (Wildman–Crippen LogP) is 4.36. The van der Waals surface area contributed by atoms with Crippen LogP contribution < -0.4 is 10.2 Å². The molecule has 0 radical (unpaired) electrons. The van der Waals surface area contributed by atoms with Crippen LogP contribution >= 0.6 is 15.9 Å². The number of hydrazone groups is 1. The van der Waals surface area contributed by atoms with Crippen molar-refractivity contribution in [1.82, 2.24) is 5.43 Å². The van der Waals surface area contributed by atoms with Crippen molar-refractivity contribution in [2.75, 3.05) is 7.11 Å². The number of nitrogens with zero attached hydrogens (tertiary/aromatic N) is 1. The zero-order valence-electron chi connectivity index (χ0n) is 13.8. The number of phenolic OH excluding ortho intramolecular Hbond substituents is 1. The van der Waals surface area contributed by atoms with Gasteiger partial charge in [-0.25, -0.2) is 5.43 Å². The fraction of sp³-hybridized carbons (Fsp3) is 0.529. The summed E-state index contributed by atoms with van der Waals surface area (Å²) < 4.78 is 5.57. The van der Waals surface area contributed by atoms with Gasteiger partial charge in [-0.05, 0) is 40.0 Å². The summed E-state index contributed by atoms with van der Waals surface area (Å²) in [6, 6.07) is 3.34. The number of ether oxygens (including phenoxy) is 1. The van der Waals surface area contributed by atoms with Gasteiger partial charge in [-0.2, -0.15) is 5.10 Å². The molecule has 128 valence electrons. The first kappa shape index (κ1) is 19.5. The van der Waals surface area contributed by atoms with Gasteiger partial charge in [0.2, 0.25) is 5.91 Å². The average molecular weight is 385 g/mol. The molecule has 23 heavy (non-hydrogen) atoms. The molecule has 0 spiro atoms. The van der Waals surface area contributed by atoms with Gasteiger partial charge < -0.3 is 9.84 Å². The maximum absolute atomic E-state index is 11.7. The molecule has 0 heterocycles. The Morgan fingerprint density at radius 1 is 1.30 bits per heavy atom. The van der Waals surface area contributed by atoms with Gasteiger partial charge in [0, 0.05) is 6.42 Å². The third-order valence-electron chi connectivity index (χ3n) is 3.43. The van der Waals surface area contributed by atoms with E-state index in [0.29, 0.717) is 22.2 Å². The standard InChI is InChI=1S/C17H25BrN2O3/c1-3-4-5-6-7-8-9-16(21)20-19-12-13-10-14(18)17(22)15(11-13)23-2/h10-12,22H,3-9H2,1-2H3,(H,20,21)/b19-12+. The minimum absolute atomic E-state index is 0.0387. The van der Waals surface area contributed by atoms with E-state index in [1.807, 2.05) is 0 Å². The van der Waals surface area contributed by atoms with Crippen LogP contribution in [0.2, 0.25) is 0 Å². The molecule has 1 amide bonds. The van der Waals surface area contributed by atoms with Crippen molar-refractivity contribution >= 4 is 28.1 Å². The first-order valence-electron chi connectivity index (χ1n) is 7.96. The molecule has 0 saturated heterocycles. The molecular weight excluding hydrogens is 360 g/mol. The van der Waals surface area contributed by atoms with Crippen LogP contribution in [0.15, 0.2) is 21.7 Å². The molecule has 0 bridgehead atoms. The van der Waals surface area contributed by atoms with Crippen molar-refractivity contribution in [2.24, 2.45) is 5.10 Å². The van der Waals surface area contributed by atoms with E-state index < -0.39 is 0 Å². The Bertz CT molecular complexity index is 533. The third-order valence-corrected chi connectivity index (χ3v) is 4.04. The van der Waals surface area contributed by atoms with Crippen LogP contribution in [0.25, 0.3) is 0 Å². The fourth-order valence-corrected chi connectivity index (χ4v) is 2.58. The van der Waals surface area contributed by atoms with Crippen LogP contribution in [-0.4, -0.2) is 24.3 Å². The quantitative estimate of drug-likeness (QED) is 0.357. The van der Waals surface area contributed by atoms with Crippen LogP contribution in [0.1, 0.15) is 57.4 Å². The summed E-state index contributed by atoms with van der Waals surface area (Å²) in [6.07, 6.45) is 8.91. The lowest BCUT2D eigenvalue weighted by molar-refractivity contribution is -0.121. The lowest BCUT2D eigenvalue weighted by Gasteiger charge is -2.06. The summed E-state index contributed by atoms with van der Waals surface area (Å²) >= 11 is 3.24. The number of phenols is 1. The highest BCUT2D eigenvalue weighted by molar-refractivity contribution is 9.10. The number of hydrogen-bond donors (Lipinski definition) is 2. The molecule has 0 atom stereocenters. The van der Waals surface area contributed by atoms with Crippen molar-refractivity contribution < 1.29 is 14.6 Å². The van der Waals surface area contributed by atoms with E-state index >= 15 is 0 Å². The highest BCUT2D eigenvalue weighted by Crippen LogP contribution is 2.34. The number of nitrogens with one attached hydrogen (secondary N) is 1. The SMILES string of the molecule is CCCCCCCCC(=O)N/N=C/c1cc(Br)c(O)c(OC)c1. The number of aromatic hydroxyl groups is 1. The molecule has 0 aliphatic rings. The van der Waals surface area contributed by atoms with Crippen LogP contribution in [0, 0.1) is 0 Å². The molecule has 1 rings (SSSR count). The zero-order valence-corrected chi connectivity index (χ0v) is 15.4. The predicted molar refractivity (Wildman–Crippen MR) is 96.1 cm³/mol. The number of carbonyl (C=O) groups is 1. The molecule has 1 aromatic rings. The van der Waals surface area contributed by atoms with Crippen LogP contribution in [0.5, 0.6) is 11.5 Å². The Morgan fingerprint density at radius 3 is 2.70 bits per heavy atom. The molecule has 0 saturated carbocycles. The van der Waals surface area contributed by atoms with Gasteiger partial charge >= 0.3 is 0 Å². The van der Waals surface area contributed by atoms with Gasteiger partial charge in [-0.3, -0.25) is 4.79 Å². The Morgan fingerprint density at radius 2 is 2.00 bits per heavy atom. The maximum atomic E-state index is 11.7. The Labute approximate surface area is 146 Å². The first-order chi connectivity index (χ1) is 11.1. The van der Waals surface area contributed by atoms with Gasteiger partial charge in [0.1, 0.15) is 0 Å². The van der Waals surface area contributed by atoms with Crippen molar-refractivity contribution in [3.05, 3.63) is 22.2 Å². The molecule has 1 aromatic carbocycles. The summed E-state index contributed by atoms with van der Waals surface area (Å²) in [7, 11) is 1.48. The second-order valence-electron chi connectivity index (χ2n) is 5.36. The average Bonchev–Trinajstić information content (AvgIpc) is 2.54. The summed E-state index contributed by atoms with van der Waals surface area (Å²) in [5.74, 6) is 0.303. The minimum Gasteiger partial charge on any atom is -0.503 e. The number of amides is 1. The molecule has 5 nitrogen and oxygen atoms in total. The zero-order chi connectivity index (χ0) is 17.1. The molecule has 2 N–H and O–H groups in total. The van der Waals surface area contributed by atoms with Gasteiger partial charge in [-0.1, -0.05) is 39.0 Å². The number of hydrogen-bond acceptors (Lipinski definition) is 4. The van der Waals surface area contributed by atoms with E-state index in [0.717, 1.165) is 12.8 Å². The number of unbranched alkanes of at least 4 members (excludes halogenated alkanes) is 5. The summed E-state index contributed by atoms with van der Waals surface area (Å²) in [5.41, 5.74) is 3.23. The van der Waals surface area contributed by atoms with Gasteiger partial charge in [0.15, 0.2) is 11.5 Å². The van der Waals surface area contributed by atoms with Crippen molar-refractivity contribution in [2.45, 2.75) is 51.9 Å². The van der Waals surface area contributed by atoms with E-state index in [-0.39, 0.29) is 11.7 Å². The Kier molecular flexibility index (Phi) is 9.36. The monoisotopic (exact) mass is 384 g/mol. The van der Waals surface area contributed by atoms with Crippen molar-refractivity contribution in [3.63, 3.8) is 0 Å². The molecule has 6 heteroatoms. The highest BCUT2D eigenvalue weighted by Gasteiger charge is 2.07. The smallest absolute Gasteiger partial charge is 0.240 e. The first-order valence-corrected chi connectivity index (χ1v) is 8.76. The molecule has 0 aliphatic heterocycles. The molecule has 0 fully saturated rings. The van der Waals surface area contributed by atoms with Crippen LogP contribution in [-0.2, 0) is 4.79 Å². The molecule has 0 aliphatic carbocycles. The number of benzene rings is 1. The molecule has 0 unspecified atom stereocenters. The Balaban J connectivity index is 2.35. The van der Waals surface area contributed by atoms with E-state index in [4.69, 9.17) is 4.74 Å². The van der Waals surface area contributed by atoms with Gasteiger partial charge in [0.05, 0.1) is 17.8 Å². The number of carbonyl (C=O) groups excluding carboxylic acids is 1. The fourth-order valence-electron chi connectivity index (χ4n) is 2.12. The lowest BCUT2D eigenvalue weighted by Crippen LogP contribution is -2.16. The van der Waals surface area contributed by atoms with E-state index in [2.05, 4.69) is 33.4 Å². The number of rotatable bonds is 10. The Hall–Kier alpha value is -1.56. The summed E-state index contributed by atoms with van der Waals surface area (Å²) in [6.45, 7) is 2.19. The summed E-state index contributed by atoms with van der Waals surface area (Å²) in [4.78, 5) is 11.7. The highest BCUT2D eigenvalue weighted by atomic mass is 79.9. The van der Waals surface area contributed by atoms with Gasteiger partial charge in [-0.15, -0.1) is 0 Å². The number of halogens is 1.